The van der Waals surface area contributed by atoms with Crippen LogP contribution in [0.3, 0.4) is 0 Å². The van der Waals surface area contributed by atoms with Gasteiger partial charge in [-0.05, 0) is 39.4 Å². The molecule has 0 saturated carbocycles. The molecule has 0 spiro atoms. The molecule has 21 heavy (non-hydrogen) atoms. The van der Waals surface area contributed by atoms with Gasteiger partial charge in [0.05, 0.1) is 11.3 Å². The fourth-order valence-electron chi connectivity index (χ4n) is 1.88. The first-order valence-electron chi connectivity index (χ1n) is 7.06. The number of aryl methyl sites for hydroxylation is 1. The average Bonchev–Trinajstić information content (AvgIpc) is 2.45. The summed E-state index contributed by atoms with van der Waals surface area (Å²) in [5.74, 6) is -1.32. The third kappa shape index (κ3) is 4.82. The lowest BCUT2D eigenvalue weighted by atomic mass is 10.2. The lowest BCUT2D eigenvalue weighted by molar-refractivity contribution is 0.0694. The molecule has 1 amide bonds. The molecule has 116 valence electrons. The number of carbonyl (C=O) groups excluding carboxylic acids is 1. The molecule has 1 atom stereocenters. The van der Waals surface area contributed by atoms with Crippen LogP contribution in [0, 0.1) is 6.92 Å². The van der Waals surface area contributed by atoms with Crippen molar-refractivity contribution in [1.82, 2.24) is 15.2 Å². The van der Waals surface area contributed by atoms with E-state index in [0.29, 0.717) is 18.3 Å². The maximum absolute atomic E-state index is 12.0. The van der Waals surface area contributed by atoms with Crippen LogP contribution in [0.25, 0.3) is 0 Å². The van der Waals surface area contributed by atoms with Gasteiger partial charge in [-0.15, -0.1) is 0 Å². The number of likely N-dealkylation sites (N-methyl/N-ethyl adjacent to an activating group) is 1. The lowest BCUT2D eigenvalue weighted by Crippen LogP contribution is -2.37. The van der Waals surface area contributed by atoms with Gasteiger partial charge in [-0.1, -0.05) is 6.92 Å². The van der Waals surface area contributed by atoms with Crippen LogP contribution in [0.4, 0.5) is 0 Å². The molecule has 1 unspecified atom stereocenters. The number of aromatic carboxylic acids is 1. The van der Waals surface area contributed by atoms with E-state index < -0.39 is 5.97 Å². The zero-order valence-corrected chi connectivity index (χ0v) is 13.0. The van der Waals surface area contributed by atoms with Gasteiger partial charge in [0.25, 0.3) is 5.91 Å². The molecule has 1 aromatic heterocycles. The van der Waals surface area contributed by atoms with Crippen molar-refractivity contribution in [2.24, 2.45) is 0 Å². The highest BCUT2D eigenvalue weighted by atomic mass is 16.4. The van der Waals surface area contributed by atoms with Gasteiger partial charge in [0.2, 0.25) is 0 Å². The van der Waals surface area contributed by atoms with Gasteiger partial charge >= 0.3 is 5.97 Å². The van der Waals surface area contributed by atoms with Crippen molar-refractivity contribution in [3.8, 4) is 0 Å². The number of carboxylic acids is 1. The van der Waals surface area contributed by atoms with Crippen LogP contribution in [0.15, 0.2) is 12.1 Å². The number of nitrogens with zero attached hydrogens (tertiary/aromatic N) is 2. The van der Waals surface area contributed by atoms with Crippen molar-refractivity contribution >= 4 is 11.9 Å². The summed E-state index contributed by atoms with van der Waals surface area (Å²) < 4.78 is 0. The van der Waals surface area contributed by atoms with Crippen LogP contribution >= 0.6 is 0 Å². The number of aromatic nitrogens is 1. The smallest absolute Gasteiger partial charge is 0.337 e. The molecule has 0 bridgehead atoms. The van der Waals surface area contributed by atoms with Crippen molar-refractivity contribution in [3.63, 3.8) is 0 Å². The summed E-state index contributed by atoms with van der Waals surface area (Å²) in [6.45, 7) is 7.12. The normalized spacial score (nSPS) is 12.2. The molecule has 0 aliphatic rings. The molecule has 0 saturated heterocycles. The summed E-state index contributed by atoms with van der Waals surface area (Å²) >= 11 is 0. The third-order valence-corrected chi connectivity index (χ3v) is 3.64. The Hall–Kier alpha value is -1.95. The standard InChI is InChI=1S/C15H23N3O3/c1-5-10(2)18(4)9-8-16-14(19)13-7-6-12(15(20)21)11(3)17-13/h6-7,10H,5,8-9H2,1-4H3,(H,16,19)(H,20,21). The average molecular weight is 293 g/mol. The number of rotatable bonds is 7. The highest BCUT2D eigenvalue weighted by Gasteiger charge is 2.13. The summed E-state index contributed by atoms with van der Waals surface area (Å²) in [5, 5.41) is 11.7. The monoisotopic (exact) mass is 293 g/mol. The molecule has 1 heterocycles. The van der Waals surface area contributed by atoms with Crippen LogP contribution < -0.4 is 5.32 Å². The van der Waals surface area contributed by atoms with E-state index in [4.69, 9.17) is 5.11 Å². The molecule has 6 heteroatoms. The minimum Gasteiger partial charge on any atom is -0.478 e. The zero-order chi connectivity index (χ0) is 16.0. The Morgan fingerprint density at radius 3 is 2.62 bits per heavy atom. The van der Waals surface area contributed by atoms with E-state index in [-0.39, 0.29) is 17.2 Å². The summed E-state index contributed by atoms with van der Waals surface area (Å²) in [6, 6.07) is 3.31. The summed E-state index contributed by atoms with van der Waals surface area (Å²) in [6.07, 6.45) is 1.06. The van der Waals surface area contributed by atoms with Crippen molar-refractivity contribution < 1.29 is 14.7 Å². The number of carboxylic acid groups (broad SMARTS) is 1. The van der Waals surface area contributed by atoms with Gasteiger partial charge in [0, 0.05) is 19.1 Å². The quantitative estimate of drug-likeness (QED) is 0.797. The van der Waals surface area contributed by atoms with Gasteiger partial charge in [0.15, 0.2) is 0 Å². The number of hydrogen-bond donors (Lipinski definition) is 2. The largest absolute Gasteiger partial charge is 0.478 e. The molecule has 0 aliphatic heterocycles. The van der Waals surface area contributed by atoms with Gasteiger partial charge in [-0.3, -0.25) is 4.79 Å². The second-order valence-corrected chi connectivity index (χ2v) is 5.13. The molecule has 1 rings (SSSR count). The van der Waals surface area contributed by atoms with E-state index in [1.165, 1.54) is 12.1 Å². The Morgan fingerprint density at radius 2 is 2.10 bits per heavy atom. The van der Waals surface area contributed by atoms with Crippen LogP contribution in [0.5, 0.6) is 0 Å². The predicted octanol–water partition coefficient (Wildman–Crippen LogP) is 1.55. The molecular formula is C15H23N3O3. The van der Waals surface area contributed by atoms with Gasteiger partial charge in [-0.25, -0.2) is 9.78 Å². The van der Waals surface area contributed by atoms with Crippen LogP contribution in [0.2, 0.25) is 0 Å². The van der Waals surface area contributed by atoms with Crippen molar-refractivity contribution in [2.45, 2.75) is 33.2 Å². The van der Waals surface area contributed by atoms with Crippen LogP contribution in [0.1, 0.15) is 46.8 Å². The Balaban J connectivity index is 2.57. The van der Waals surface area contributed by atoms with Crippen molar-refractivity contribution in [2.75, 3.05) is 20.1 Å². The fourth-order valence-corrected chi connectivity index (χ4v) is 1.88. The molecule has 0 fully saturated rings. The first-order chi connectivity index (χ1) is 9.86. The third-order valence-electron chi connectivity index (χ3n) is 3.64. The topological polar surface area (TPSA) is 82.5 Å². The van der Waals surface area contributed by atoms with Crippen molar-refractivity contribution in [3.05, 3.63) is 29.1 Å². The van der Waals surface area contributed by atoms with E-state index in [2.05, 4.69) is 29.0 Å². The Labute approximate surface area is 125 Å². The first kappa shape index (κ1) is 17.1. The molecular weight excluding hydrogens is 270 g/mol. The Morgan fingerprint density at radius 1 is 1.43 bits per heavy atom. The Kier molecular flexibility index (Phi) is 6.30. The van der Waals surface area contributed by atoms with Crippen LogP contribution in [-0.4, -0.2) is 53.0 Å². The van der Waals surface area contributed by atoms with Gasteiger partial charge in [-0.2, -0.15) is 0 Å². The molecule has 0 aliphatic carbocycles. The highest BCUT2D eigenvalue weighted by Crippen LogP contribution is 2.07. The molecule has 0 aromatic carbocycles. The highest BCUT2D eigenvalue weighted by molar-refractivity contribution is 5.94. The SMILES string of the molecule is CCC(C)N(C)CCNC(=O)c1ccc(C(=O)O)c(C)n1. The van der Waals surface area contributed by atoms with E-state index in [1.54, 1.807) is 6.92 Å². The first-order valence-corrected chi connectivity index (χ1v) is 7.06. The lowest BCUT2D eigenvalue weighted by Gasteiger charge is -2.23. The second kappa shape index (κ2) is 7.73. The summed E-state index contributed by atoms with van der Waals surface area (Å²) in [4.78, 5) is 29.1. The maximum atomic E-state index is 12.0. The van der Waals surface area contributed by atoms with E-state index in [9.17, 15) is 9.59 Å². The molecule has 1 aromatic rings. The number of pyridine rings is 1. The minimum atomic E-state index is -1.04. The number of hydrogen-bond acceptors (Lipinski definition) is 4. The van der Waals surface area contributed by atoms with Crippen LogP contribution in [-0.2, 0) is 0 Å². The minimum absolute atomic E-state index is 0.114. The number of nitrogens with one attached hydrogen (secondary N) is 1. The predicted molar refractivity (Wildman–Crippen MR) is 80.6 cm³/mol. The van der Waals surface area contributed by atoms with Crippen molar-refractivity contribution in [1.29, 1.82) is 0 Å². The summed E-state index contributed by atoms with van der Waals surface area (Å²) in [7, 11) is 2.02. The van der Waals surface area contributed by atoms with E-state index in [0.717, 1.165) is 13.0 Å². The number of carbonyl (C=O) groups is 2. The zero-order valence-electron chi connectivity index (χ0n) is 13.0. The second-order valence-electron chi connectivity index (χ2n) is 5.13. The molecule has 0 radical (unpaired) electrons. The fraction of sp³-hybridized carbons (Fsp3) is 0.533. The Bertz CT molecular complexity index is 517. The molecule has 2 N–H and O–H groups in total. The van der Waals surface area contributed by atoms with Gasteiger partial charge < -0.3 is 15.3 Å². The van der Waals surface area contributed by atoms with E-state index >= 15 is 0 Å². The van der Waals surface area contributed by atoms with E-state index in [1.807, 2.05) is 7.05 Å². The number of amides is 1. The van der Waals surface area contributed by atoms with Gasteiger partial charge in [0.1, 0.15) is 5.69 Å². The maximum Gasteiger partial charge on any atom is 0.337 e. The summed E-state index contributed by atoms with van der Waals surface area (Å²) in [5.41, 5.74) is 0.693. The molecule has 6 nitrogen and oxygen atoms in total.